The van der Waals surface area contributed by atoms with E-state index in [1.165, 1.54) is 19.4 Å². The van der Waals surface area contributed by atoms with Crippen molar-refractivity contribution in [3.8, 4) is 0 Å². The first-order valence-electron chi connectivity index (χ1n) is 10.0. The van der Waals surface area contributed by atoms with Gasteiger partial charge in [-0.1, -0.05) is 0 Å². The molecule has 0 aromatic heterocycles. The molecule has 3 aliphatic rings. The Bertz CT molecular complexity index is 420. The van der Waals surface area contributed by atoms with E-state index in [-0.39, 0.29) is 30.1 Å². The fraction of sp³-hybridized carbons (Fsp3) is 0.944. The summed E-state index contributed by atoms with van der Waals surface area (Å²) < 4.78 is 11.4. The number of nitrogens with zero attached hydrogens (tertiary/aromatic N) is 3. The molecule has 8 heteroatoms. The van der Waals surface area contributed by atoms with E-state index < -0.39 is 0 Å². The maximum absolute atomic E-state index is 6.00. The van der Waals surface area contributed by atoms with Gasteiger partial charge in [0.25, 0.3) is 0 Å². The minimum atomic E-state index is 0. The molecule has 3 aliphatic heterocycles. The van der Waals surface area contributed by atoms with Crippen LogP contribution in [0.5, 0.6) is 0 Å². The fourth-order valence-corrected chi connectivity index (χ4v) is 3.87. The van der Waals surface area contributed by atoms with Crippen molar-refractivity contribution in [1.29, 1.82) is 0 Å². The van der Waals surface area contributed by atoms with Gasteiger partial charge in [0.15, 0.2) is 5.96 Å². The van der Waals surface area contributed by atoms with Gasteiger partial charge in [-0.3, -0.25) is 14.8 Å². The topological polar surface area (TPSA) is 61.4 Å². The molecule has 0 saturated carbocycles. The van der Waals surface area contributed by atoms with Crippen molar-refractivity contribution in [2.45, 2.75) is 38.3 Å². The highest BCUT2D eigenvalue weighted by Crippen LogP contribution is 2.22. The quantitative estimate of drug-likeness (QED) is 0.242. The Labute approximate surface area is 175 Å². The Hall–Kier alpha value is -0.160. The Kier molecular flexibility index (Phi) is 10.5. The molecule has 26 heavy (non-hydrogen) atoms. The van der Waals surface area contributed by atoms with Gasteiger partial charge in [-0.05, 0) is 39.3 Å². The maximum atomic E-state index is 6.00. The van der Waals surface area contributed by atoms with Gasteiger partial charge in [0.2, 0.25) is 0 Å². The third-order valence-electron chi connectivity index (χ3n) is 5.31. The number of fused-ring (bicyclic) bond motifs is 1. The molecule has 0 aromatic rings. The highest BCUT2D eigenvalue weighted by Gasteiger charge is 2.31. The number of hydrogen-bond donors (Lipinski definition) is 2. The normalized spacial score (nSPS) is 27.7. The molecule has 0 aromatic carbocycles. The summed E-state index contributed by atoms with van der Waals surface area (Å²) >= 11 is 0. The molecule has 0 bridgehead atoms. The zero-order valence-corrected chi connectivity index (χ0v) is 18.5. The third-order valence-corrected chi connectivity index (χ3v) is 5.31. The summed E-state index contributed by atoms with van der Waals surface area (Å²) in [5, 5.41) is 6.80. The minimum Gasteiger partial charge on any atom is -0.379 e. The zero-order valence-electron chi connectivity index (χ0n) is 16.1. The van der Waals surface area contributed by atoms with Crippen molar-refractivity contribution < 1.29 is 9.47 Å². The van der Waals surface area contributed by atoms with Crippen molar-refractivity contribution in [1.82, 2.24) is 20.4 Å². The standard InChI is InChI=1S/C18H35N5O2.HI/c1-2-19-18(20-6-4-7-22-9-11-24-12-10-22)21-13-17-14-23-8-3-5-16(23)15-25-17;/h16-17H,2-15H2,1H3,(H2,19,20,21);1H. The molecule has 0 amide bonds. The minimum absolute atomic E-state index is 0. The van der Waals surface area contributed by atoms with Gasteiger partial charge in [-0.15, -0.1) is 24.0 Å². The zero-order chi connectivity index (χ0) is 17.3. The van der Waals surface area contributed by atoms with Crippen molar-refractivity contribution in [2.75, 3.05) is 72.2 Å². The van der Waals surface area contributed by atoms with E-state index in [9.17, 15) is 0 Å². The molecule has 2 atom stereocenters. The molecule has 0 aliphatic carbocycles. The second kappa shape index (κ2) is 12.3. The van der Waals surface area contributed by atoms with Gasteiger partial charge in [0.1, 0.15) is 0 Å². The van der Waals surface area contributed by atoms with Crippen LogP contribution >= 0.6 is 24.0 Å². The molecule has 2 N–H and O–H groups in total. The van der Waals surface area contributed by atoms with E-state index >= 15 is 0 Å². The van der Waals surface area contributed by atoms with Crippen molar-refractivity contribution in [2.24, 2.45) is 4.99 Å². The van der Waals surface area contributed by atoms with Crippen LogP contribution in [0.25, 0.3) is 0 Å². The molecular formula is C18H36IN5O2. The van der Waals surface area contributed by atoms with E-state index in [0.29, 0.717) is 6.04 Å². The molecule has 2 unspecified atom stereocenters. The summed E-state index contributed by atoms with van der Waals surface area (Å²) in [4.78, 5) is 9.79. The summed E-state index contributed by atoms with van der Waals surface area (Å²) in [6.07, 6.45) is 3.97. The molecular weight excluding hydrogens is 445 g/mol. The Morgan fingerprint density at radius 1 is 1.19 bits per heavy atom. The summed E-state index contributed by atoms with van der Waals surface area (Å²) in [6, 6.07) is 0.659. The van der Waals surface area contributed by atoms with Crippen LogP contribution in [-0.4, -0.2) is 100 Å². The third kappa shape index (κ3) is 7.10. The Balaban J connectivity index is 0.00000243. The number of ether oxygens (including phenoxy) is 2. The van der Waals surface area contributed by atoms with Crippen molar-refractivity contribution in [3.63, 3.8) is 0 Å². The largest absolute Gasteiger partial charge is 0.379 e. The highest BCUT2D eigenvalue weighted by molar-refractivity contribution is 14.0. The first-order valence-corrected chi connectivity index (χ1v) is 10.0. The van der Waals surface area contributed by atoms with Gasteiger partial charge in [-0.2, -0.15) is 0 Å². The van der Waals surface area contributed by atoms with Gasteiger partial charge < -0.3 is 20.1 Å². The molecule has 3 saturated heterocycles. The number of morpholine rings is 2. The van der Waals surface area contributed by atoms with Crippen LogP contribution in [0.15, 0.2) is 4.99 Å². The first-order chi connectivity index (χ1) is 12.3. The van der Waals surface area contributed by atoms with Gasteiger partial charge in [-0.25, -0.2) is 0 Å². The van der Waals surface area contributed by atoms with E-state index in [1.807, 2.05) is 0 Å². The van der Waals surface area contributed by atoms with Crippen LogP contribution in [0, 0.1) is 0 Å². The molecule has 3 heterocycles. The van der Waals surface area contributed by atoms with Crippen LogP contribution in [0.2, 0.25) is 0 Å². The second-order valence-electron chi connectivity index (χ2n) is 7.20. The number of halogens is 1. The lowest BCUT2D eigenvalue weighted by atomic mass is 10.2. The smallest absolute Gasteiger partial charge is 0.191 e. The van der Waals surface area contributed by atoms with Crippen LogP contribution in [-0.2, 0) is 9.47 Å². The van der Waals surface area contributed by atoms with E-state index in [0.717, 1.165) is 78.0 Å². The number of hydrogen-bond acceptors (Lipinski definition) is 5. The molecule has 0 radical (unpaired) electrons. The van der Waals surface area contributed by atoms with E-state index in [2.05, 4.69) is 27.4 Å². The summed E-state index contributed by atoms with van der Waals surface area (Å²) in [7, 11) is 0. The molecule has 0 spiro atoms. The number of guanidine groups is 1. The average Bonchev–Trinajstić information content (AvgIpc) is 3.12. The number of nitrogens with one attached hydrogen (secondary N) is 2. The maximum Gasteiger partial charge on any atom is 0.191 e. The molecule has 3 rings (SSSR count). The molecule has 7 nitrogen and oxygen atoms in total. The number of aliphatic imine (C=N–C) groups is 1. The van der Waals surface area contributed by atoms with Crippen LogP contribution in [0.1, 0.15) is 26.2 Å². The number of rotatable bonds is 7. The lowest BCUT2D eigenvalue weighted by Gasteiger charge is -2.34. The van der Waals surface area contributed by atoms with E-state index in [4.69, 9.17) is 14.5 Å². The Morgan fingerprint density at radius 2 is 2.04 bits per heavy atom. The first kappa shape index (κ1) is 22.1. The fourth-order valence-electron chi connectivity index (χ4n) is 3.87. The van der Waals surface area contributed by atoms with Crippen LogP contribution < -0.4 is 10.6 Å². The van der Waals surface area contributed by atoms with Gasteiger partial charge in [0, 0.05) is 38.8 Å². The van der Waals surface area contributed by atoms with Gasteiger partial charge in [0.05, 0.1) is 32.5 Å². The summed E-state index contributed by atoms with van der Waals surface area (Å²) in [5.41, 5.74) is 0. The van der Waals surface area contributed by atoms with Crippen molar-refractivity contribution in [3.05, 3.63) is 0 Å². The van der Waals surface area contributed by atoms with Crippen LogP contribution in [0.3, 0.4) is 0 Å². The monoisotopic (exact) mass is 481 g/mol. The lowest BCUT2D eigenvalue weighted by molar-refractivity contribution is -0.0432. The predicted molar refractivity (Wildman–Crippen MR) is 116 cm³/mol. The lowest BCUT2D eigenvalue weighted by Crippen LogP contribution is -2.47. The van der Waals surface area contributed by atoms with Crippen LogP contribution in [0.4, 0.5) is 0 Å². The van der Waals surface area contributed by atoms with E-state index in [1.54, 1.807) is 0 Å². The predicted octanol–water partition coefficient (Wildman–Crippen LogP) is 0.745. The Morgan fingerprint density at radius 3 is 2.85 bits per heavy atom. The highest BCUT2D eigenvalue weighted by atomic mass is 127. The van der Waals surface area contributed by atoms with Gasteiger partial charge >= 0.3 is 0 Å². The molecule has 3 fully saturated rings. The average molecular weight is 481 g/mol. The second-order valence-corrected chi connectivity index (χ2v) is 7.20. The van der Waals surface area contributed by atoms with Crippen molar-refractivity contribution >= 4 is 29.9 Å². The summed E-state index contributed by atoms with van der Waals surface area (Å²) in [5.74, 6) is 0.914. The molecule has 152 valence electrons. The SMILES string of the molecule is CCNC(=NCC1CN2CCCC2CO1)NCCCN1CCOCC1.I. The summed E-state index contributed by atoms with van der Waals surface area (Å²) in [6.45, 7) is 12.8.